The Bertz CT molecular complexity index is 538. The van der Waals surface area contributed by atoms with Gasteiger partial charge < -0.3 is 10.6 Å². The topological polar surface area (TPSA) is 29.3 Å². The average molecular weight is 258 g/mol. The molecule has 0 saturated carbocycles. The van der Waals surface area contributed by atoms with Crippen LogP contribution in [0.4, 0.5) is 10.1 Å². The summed E-state index contributed by atoms with van der Waals surface area (Å²) >= 11 is 0. The molecule has 100 valence electrons. The van der Waals surface area contributed by atoms with E-state index in [1.807, 2.05) is 32.2 Å². The van der Waals surface area contributed by atoms with Gasteiger partial charge in [0, 0.05) is 25.3 Å². The molecule has 1 unspecified atom stereocenters. The number of halogens is 1. The molecule has 0 spiro atoms. The van der Waals surface area contributed by atoms with Crippen molar-refractivity contribution in [1.82, 2.24) is 0 Å². The molecule has 2 rings (SSSR count). The van der Waals surface area contributed by atoms with Crippen molar-refractivity contribution in [2.45, 2.75) is 19.5 Å². The largest absolute Gasteiger partial charge is 0.370 e. The zero-order valence-electron chi connectivity index (χ0n) is 11.3. The number of hydrogen-bond acceptors (Lipinski definition) is 2. The van der Waals surface area contributed by atoms with Gasteiger partial charge in [-0.1, -0.05) is 30.3 Å². The molecule has 2 N–H and O–H groups in total. The quantitative estimate of drug-likeness (QED) is 0.909. The first-order valence-corrected chi connectivity index (χ1v) is 6.38. The highest BCUT2D eigenvalue weighted by Gasteiger charge is 2.12. The van der Waals surface area contributed by atoms with Gasteiger partial charge in [-0.05, 0) is 36.2 Å². The summed E-state index contributed by atoms with van der Waals surface area (Å²) in [5, 5.41) is 0. The minimum absolute atomic E-state index is 0.191. The highest BCUT2D eigenvalue weighted by molar-refractivity contribution is 5.54. The lowest BCUT2D eigenvalue weighted by Gasteiger charge is -2.24. The molecule has 0 radical (unpaired) electrons. The van der Waals surface area contributed by atoms with Crippen LogP contribution in [0.15, 0.2) is 48.5 Å². The monoisotopic (exact) mass is 258 g/mol. The molecule has 0 aliphatic rings. The van der Waals surface area contributed by atoms with Gasteiger partial charge in [-0.25, -0.2) is 4.39 Å². The Kier molecular flexibility index (Phi) is 4.17. The van der Waals surface area contributed by atoms with Crippen LogP contribution in [0.1, 0.15) is 24.1 Å². The molecule has 0 bridgehead atoms. The number of nitrogens with zero attached hydrogens (tertiary/aromatic N) is 1. The third-order valence-electron chi connectivity index (χ3n) is 3.15. The summed E-state index contributed by atoms with van der Waals surface area (Å²) in [4.78, 5) is 2.09. The smallest absolute Gasteiger partial charge is 0.123 e. The summed E-state index contributed by atoms with van der Waals surface area (Å²) in [6, 6.07) is 14.8. The highest BCUT2D eigenvalue weighted by atomic mass is 19.1. The molecule has 0 heterocycles. The lowest BCUT2D eigenvalue weighted by atomic mass is 10.1. The van der Waals surface area contributed by atoms with Crippen molar-refractivity contribution in [3.8, 4) is 0 Å². The van der Waals surface area contributed by atoms with Crippen LogP contribution in [0.2, 0.25) is 0 Å². The summed E-state index contributed by atoms with van der Waals surface area (Å²) in [6.45, 7) is 2.64. The third kappa shape index (κ3) is 3.32. The van der Waals surface area contributed by atoms with Crippen LogP contribution in [-0.4, -0.2) is 7.05 Å². The zero-order valence-corrected chi connectivity index (χ0v) is 11.3. The van der Waals surface area contributed by atoms with Gasteiger partial charge in [0.25, 0.3) is 0 Å². The molecule has 0 aliphatic heterocycles. The van der Waals surface area contributed by atoms with E-state index in [0.717, 1.165) is 17.8 Å². The fourth-order valence-electron chi connectivity index (χ4n) is 2.18. The van der Waals surface area contributed by atoms with E-state index in [1.165, 1.54) is 17.7 Å². The number of rotatable bonds is 4. The minimum Gasteiger partial charge on any atom is -0.370 e. The van der Waals surface area contributed by atoms with Gasteiger partial charge in [0.05, 0.1) is 0 Å². The van der Waals surface area contributed by atoms with Crippen molar-refractivity contribution in [3.63, 3.8) is 0 Å². The standard InChI is InChI=1S/C16H19FN2/c1-12(18)15-10-14(17)8-9-16(15)19(2)11-13-6-4-3-5-7-13/h3-10,12H,11,18H2,1-2H3. The van der Waals surface area contributed by atoms with Gasteiger partial charge in [-0.3, -0.25) is 0 Å². The first-order chi connectivity index (χ1) is 9.08. The van der Waals surface area contributed by atoms with E-state index in [4.69, 9.17) is 5.73 Å². The average Bonchev–Trinajstić information content (AvgIpc) is 2.39. The Morgan fingerprint density at radius 2 is 1.84 bits per heavy atom. The third-order valence-corrected chi connectivity index (χ3v) is 3.15. The molecular formula is C16H19FN2. The van der Waals surface area contributed by atoms with E-state index in [-0.39, 0.29) is 11.9 Å². The summed E-state index contributed by atoms with van der Waals surface area (Å²) in [5.41, 5.74) is 8.94. The first kappa shape index (κ1) is 13.6. The molecule has 19 heavy (non-hydrogen) atoms. The van der Waals surface area contributed by atoms with Crippen LogP contribution in [0.3, 0.4) is 0 Å². The van der Waals surface area contributed by atoms with Gasteiger partial charge in [0.15, 0.2) is 0 Å². The molecule has 2 aromatic carbocycles. The molecule has 2 aromatic rings. The van der Waals surface area contributed by atoms with E-state index in [0.29, 0.717) is 0 Å². The first-order valence-electron chi connectivity index (χ1n) is 6.38. The SMILES string of the molecule is CC(N)c1cc(F)ccc1N(C)Cc1ccccc1. The molecular weight excluding hydrogens is 239 g/mol. The second kappa shape index (κ2) is 5.85. The van der Waals surface area contributed by atoms with Crippen LogP contribution >= 0.6 is 0 Å². The number of anilines is 1. The Hall–Kier alpha value is -1.87. The van der Waals surface area contributed by atoms with Gasteiger partial charge >= 0.3 is 0 Å². The van der Waals surface area contributed by atoms with Gasteiger partial charge in [-0.2, -0.15) is 0 Å². The maximum Gasteiger partial charge on any atom is 0.123 e. The second-order valence-corrected chi connectivity index (χ2v) is 4.83. The molecule has 0 aromatic heterocycles. The van der Waals surface area contributed by atoms with E-state index in [9.17, 15) is 4.39 Å². The molecule has 0 saturated heterocycles. The summed E-state index contributed by atoms with van der Waals surface area (Å²) in [7, 11) is 1.99. The Morgan fingerprint density at radius 3 is 2.47 bits per heavy atom. The van der Waals surface area contributed by atoms with E-state index < -0.39 is 0 Å². The second-order valence-electron chi connectivity index (χ2n) is 4.83. The maximum atomic E-state index is 13.3. The fraction of sp³-hybridized carbons (Fsp3) is 0.250. The van der Waals surface area contributed by atoms with Crippen LogP contribution < -0.4 is 10.6 Å². The summed E-state index contributed by atoms with van der Waals surface area (Å²) in [6.07, 6.45) is 0. The predicted molar refractivity (Wildman–Crippen MR) is 77.6 cm³/mol. The van der Waals surface area contributed by atoms with Gasteiger partial charge in [-0.15, -0.1) is 0 Å². The van der Waals surface area contributed by atoms with Crippen molar-refractivity contribution in [2.24, 2.45) is 5.73 Å². The predicted octanol–water partition coefficient (Wildman–Crippen LogP) is 3.48. The van der Waals surface area contributed by atoms with Crippen LogP contribution in [-0.2, 0) is 6.54 Å². The lowest BCUT2D eigenvalue weighted by molar-refractivity contribution is 0.622. The zero-order chi connectivity index (χ0) is 13.8. The maximum absolute atomic E-state index is 13.3. The van der Waals surface area contributed by atoms with Crippen molar-refractivity contribution < 1.29 is 4.39 Å². The highest BCUT2D eigenvalue weighted by Crippen LogP contribution is 2.26. The van der Waals surface area contributed by atoms with Crippen molar-refractivity contribution in [1.29, 1.82) is 0 Å². The van der Waals surface area contributed by atoms with Crippen molar-refractivity contribution in [3.05, 3.63) is 65.5 Å². The number of nitrogens with two attached hydrogens (primary N) is 1. The molecule has 3 heteroatoms. The number of benzene rings is 2. The summed E-state index contributed by atoms with van der Waals surface area (Å²) < 4.78 is 13.3. The van der Waals surface area contributed by atoms with Gasteiger partial charge in [0.1, 0.15) is 5.82 Å². The van der Waals surface area contributed by atoms with Crippen LogP contribution in [0.5, 0.6) is 0 Å². The lowest BCUT2D eigenvalue weighted by Crippen LogP contribution is -2.20. The summed E-state index contributed by atoms with van der Waals surface area (Å²) in [5.74, 6) is -0.246. The molecule has 0 amide bonds. The molecule has 1 atom stereocenters. The fourth-order valence-corrected chi connectivity index (χ4v) is 2.18. The Labute approximate surface area is 113 Å². The molecule has 0 fully saturated rings. The van der Waals surface area contributed by atoms with Crippen LogP contribution in [0.25, 0.3) is 0 Å². The van der Waals surface area contributed by atoms with E-state index >= 15 is 0 Å². The van der Waals surface area contributed by atoms with Crippen LogP contribution in [0, 0.1) is 5.82 Å². The molecule has 2 nitrogen and oxygen atoms in total. The van der Waals surface area contributed by atoms with E-state index in [1.54, 1.807) is 6.07 Å². The van der Waals surface area contributed by atoms with E-state index in [2.05, 4.69) is 17.0 Å². The van der Waals surface area contributed by atoms with Crippen molar-refractivity contribution in [2.75, 3.05) is 11.9 Å². The number of hydrogen-bond donors (Lipinski definition) is 1. The molecule has 0 aliphatic carbocycles. The Morgan fingerprint density at radius 1 is 1.16 bits per heavy atom. The van der Waals surface area contributed by atoms with Crippen molar-refractivity contribution >= 4 is 5.69 Å². The Balaban J connectivity index is 2.26. The minimum atomic E-state index is -0.246. The van der Waals surface area contributed by atoms with Gasteiger partial charge in [0.2, 0.25) is 0 Å². The normalized spacial score (nSPS) is 12.2.